The van der Waals surface area contributed by atoms with E-state index < -0.39 is 11.8 Å². The minimum Gasteiger partial charge on any atom is -0.497 e. The van der Waals surface area contributed by atoms with Gasteiger partial charge >= 0.3 is 11.8 Å². The van der Waals surface area contributed by atoms with Gasteiger partial charge in [0.05, 0.1) is 7.11 Å². The van der Waals surface area contributed by atoms with E-state index in [0.717, 1.165) is 24.2 Å². The maximum atomic E-state index is 12.5. The molecule has 1 saturated heterocycles. The van der Waals surface area contributed by atoms with E-state index in [1.165, 1.54) is 0 Å². The number of amides is 2. The van der Waals surface area contributed by atoms with Crippen molar-refractivity contribution in [2.24, 2.45) is 0 Å². The number of nitrogens with one attached hydrogen (secondary N) is 2. The lowest BCUT2D eigenvalue weighted by molar-refractivity contribution is -0.136. The number of anilines is 1. The number of rotatable bonds is 5. The van der Waals surface area contributed by atoms with Crippen LogP contribution in [0, 0.1) is 0 Å². The van der Waals surface area contributed by atoms with Gasteiger partial charge in [-0.2, -0.15) is 0 Å². The second-order valence-electron chi connectivity index (χ2n) is 7.62. The van der Waals surface area contributed by atoms with E-state index in [2.05, 4.69) is 10.6 Å². The highest BCUT2D eigenvalue weighted by Crippen LogP contribution is 2.35. The highest BCUT2D eigenvalue weighted by atomic mass is 16.6. The molecule has 0 saturated carbocycles. The number of carbonyl (C=O) groups is 2. The van der Waals surface area contributed by atoms with E-state index in [-0.39, 0.29) is 5.41 Å². The molecule has 0 aromatic heterocycles. The van der Waals surface area contributed by atoms with Crippen LogP contribution in [-0.4, -0.2) is 51.9 Å². The molecule has 2 aromatic carbocycles. The molecule has 31 heavy (non-hydrogen) atoms. The van der Waals surface area contributed by atoms with Crippen LogP contribution >= 0.6 is 0 Å². The van der Waals surface area contributed by atoms with Crippen LogP contribution in [-0.2, 0) is 19.7 Å². The molecule has 0 bridgehead atoms. The van der Waals surface area contributed by atoms with Gasteiger partial charge in [-0.05, 0) is 42.7 Å². The molecule has 2 heterocycles. The molecule has 2 aliphatic heterocycles. The van der Waals surface area contributed by atoms with Crippen molar-refractivity contribution in [3.63, 3.8) is 0 Å². The van der Waals surface area contributed by atoms with Gasteiger partial charge in [0.1, 0.15) is 19.0 Å². The van der Waals surface area contributed by atoms with Crippen molar-refractivity contribution < 1.29 is 28.5 Å². The normalized spacial score (nSPS) is 16.8. The van der Waals surface area contributed by atoms with E-state index in [0.29, 0.717) is 50.2 Å². The average Bonchev–Trinajstić information content (AvgIpc) is 2.83. The molecule has 0 unspecified atom stereocenters. The second-order valence-corrected chi connectivity index (χ2v) is 7.62. The molecule has 2 aliphatic rings. The van der Waals surface area contributed by atoms with Gasteiger partial charge in [-0.25, -0.2) is 0 Å². The quantitative estimate of drug-likeness (QED) is 0.713. The topological polar surface area (TPSA) is 95.1 Å². The van der Waals surface area contributed by atoms with E-state index in [1.807, 2.05) is 24.3 Å². The predicted octanol–water partition coefficient (Wildman–Crippen LogP) is 2.27. The summed E-state index contributed by atoms with van der Waals surface area (Å²) >= 11 is 0. The smallest absolute Gasteiger partial charge is 0.313 e. The van der Waals surface area contributed by atoms with E-state index >= 15 is 0 Å². The fraction of sp³-hybridized carbons (Fsp3) is 0.391. The van der Waals surface area contributed by atoms with Crippen LogP contribution in [0.4, 0.5) is 5.69 Å². The monoisotopic (exact) mass is 426 g/mol. The van der Waals surface area contributed by atoms with Crippen molar-refractivity contribution in [1.29, 1.82) is 0 Å². The van der Waals surface area contributed by atoms with Crippen LogP contribution in [0.5, 0.6) is 17.2 Å². The minimum absolute atomic E-state index is 0.294. The van der Waals surface area contributed by atoms with Crippen molar-refractivity contribution in [2.75, 3.05) is 45.4 Å². The van der Waals surface area contributed by atoms with Crippen LogP contribution in [0.2, 0.25) is 0 Å². The Morgan fingerprint density at radius 1 is 0.935 bits per heavy atom. The Kier molecular flexibility index (Phi) is 6.27. The Morgan fingerprint density at radius 2 is 1.65 bits per heavy atom. The Balaban J connectivity index is 1.40. The zero-order valence-corrected chi connectivity index (χ0v) is 17.4. The standard InChI is InChI=1S/C23H26N2O6/c1-28-18-5-2-16(3-6-18)23(8-10-29-11-9-23)15-24-21(26)22(27)25-17-4-7-19-20(14-17)31-13-12-30-19/h2-7,14H,8-13,15H2,1H3,(H,24,26)(H,25,27). The summed E-state index contributed by atoms with van der Waals surface area (Å²) in [6.45, 7) is 2.48. The fourth-order valence-corrected chi connectivity index (χ4v) is 3.91. The average molecular weight is 426 g/mol. The van der Waals surface area contributed by atoms with Gasteiger partial charge in [-0.3, -0.25) is 9.59 Å². The number of benzene rings is 2. The Bertz CT molecular complexity index is 938. The third-order valence-corrected chi connectivity index (χ3v) is 5.75. The Morgan fingerprint density at radius 3 is 2.35 bits per heavy atom. The van der Waals surface area contributed by atoms with E-state index in [4.69, 9.17) is 18.9 Å². The number of hydrogen-bond acceptors (Lipinski definition) is 6. The molecule has 0 atom stereocenters. The zero-order chi connectivity index (χ0) is 21.7. The van der Waals surface area contributed by atoms with Crippen molar-refractivity contribution in [2.45, 2.75) is 18.3 Å². The summed E-state index contributed by atoms with van der Waals surface area (Å²) in [7, 11) is 1.62. The van der Waals surface area contributed by atoms with Crippen LogP contribution in [0.25, 0.3) is 0 Å². The number of carbonyl (C=O) groups excluding carboxylic acids is 2. The lowest BCUT2D eigenvalue weighted by Gasteiger charge is -2.38. The molecular weight excluding hydrogens is 400 g/mol. The highest BCUT2D eigenvalue weighted by Gasteiger charge is 2.35. The maximum absolute atomic E-state index is 12.5. The second kappa shape index (κ2) is 9.26. The van der Waals surface area contributed by atoms with Gasteiger partial charge in [0.25, 0.3) is 0 Å². The fourth-order valence-electron chi connectivity index (χ4n) is 3.91. The van der Waals surface area contributed by atoms with Gasteiger partial charge in [-0.1, -0.05) is 12.1 Å². The van der Waals surface area contributed by atoms with Gasteiger partial charge in [0.2, 0.25) is 0 Å². The Hall–Kier alpha value is -3.26. The summed E-state index contributed by atoms with van der Waals surface area (Å²) in [6, 6.07) is 12.9. The predicted molar refractivity (Wildman–Crippen MR) is 114 cm³/mol. The van der Waals surface area contributed by atoms with E-state index in [9.17, 15) is 9.59 Å². The van der Waals surface area contributed by atoms with Gasteiger partial charge in [-0.15, -0.1) is 0 Å². The molecule has 8 heteroatoms. The number of hydrogen-bond donors (Lipinski definition) is 2. The number of methoxy groups -OCH3 is 1. The van der Waals surface area contributed by atoms with Crippen LogP contribution < -0.4 is 24.8 Å². The molecule has 2 N–H and O–H groups in total. The summed E-state index contributed by atoms with van der Waals surface area (Å²) < 4.78 is 21.8. The molecule has 2 aromatic rings. The molecule has 1 fully saturated rings. The molecule has 0 spiro atoms. The molecule has 164 valence electrons. The molecule has 2 amide bonds. The maximum Gasteiger partial charge on any atom is 0.313 e. The van der Waals surface area contributed by atoms with Crippen molar-refractivity contribution in [1.82, 2.24) is 5.32 Å². The van der Waals surface area contributed by atoms with E-state index in [1.54, 1.807) is 25.3 Å². The highest BCUT2D eigenvalue weighted by molar-refractivity contribution is 6.39. The largest absolute Gasteiger partial charge is 0.497 e. The summed E-state index contributed by atoms with van der Waals surface area (Å²) in [5.41, 5.74) is 1.27. The van der Waals surface area contributed by atoms with Crippen molar-refractivity contribution in [3.8, 4) is 17.2 Å². The van der Waals surface area contributed by atoms with Gasteiger partial charge in [0, 0.05) is 36.9 Å². The van der Waals surface area contributed by atoms with Crippen LogP contribution in [0.3, 0.4) is 0 Å². The van der Waals surface area contributed by atoms with Crippen LogP contribution in [0.15, 0.2) is 42.5 Å². The third kappa shape index (κ3) is 4.74. The summed E-state index contributed by atoms with van der Waals surface area (Å²) in [4.78, 5) is 25.0. The molecular formula is C23H26N2O6. The summed E-state index contributed by atoms with van der Waals surface area (Å²) in [6.07, 6.45) is 1.51. The molecule has 0 radical (unpaired) electrons. The molecule has 8 nitrogen and oxygen atoms in total. The zero-order valence-electron chi connectivity index (χ0n) is 17.4. The first-order valence-corrected chi connectivity index (χ1v) is 10.3. The van der Waals surface area contributed by atoms with Crippen LogP contribution in [0.1, 0.15) is 18.4 Å². The first-order valence-electron chi connectivity index (χ1n) is 10.3. The number of ether oxygens (including phenoxy) is 4. The van der Waals surface area contributed by atoms with Gasteiger partial charge in [0.15, 0.2) is 11.5 Å². The third-order valence-electron chi connectivity index (χ3n) is 5.75. The van der Waals surface area contributed by atoms with Gasteiger partial charge < -0.3 is 29.6 Å². The lowest BCUT2D eigenvalue weighted by atomic mass is 9.74. The first-order chi connectivity index (χ1) is 15.1. The van der Waals surface area contributed by atoms with Crippen molar-refractivity contribution in [3.05, 3.63) is 48.0 Å². The summed E-state index contributed by atoms with van der Waals surface area (Å²) in [5.74, 6) is 0.525. The lowest BCUT2D eigenvalue weighted by Crippen LogP contribution is -2.47. The molecule has 4 rings (SSSR count). The SMILES string of the molecule is COc1ccc(C2(CNC(=O)C(=O)Nc3ccc4c(c3)OCCO4)CCOCC2)cc1. The van der Waals surface area contributed by atoms with Crippen molar-refractivity contribution >= 4 is 17.5 Å². The molecule has 0 aliphatic carbocycles. The summed E-state index contributed by atoms with van der Waals surface area (Å²) in [5, 5.41) is 5.43. The Labute approximate surface area is 180 Å². The first kappa shape index (κ1) is 21.0. The minimum atomic E-state index is -0.728. The number of fused-ring (bicyclic) bond motifs is 1.